The third-order valence-electron chi connectivity index (χ3n) is 2.02. The Hall–Kier alpha value is -0.880. The van der Waals surface area contributed by atoms with Gasteiger partial charge in [0.05, 0.1) is 6.10 Å². The minimum absolute atomic E-state index is 0.302. The molecule has 0 spiro atoms. The summed E-state index contributed by atoms with van der Waals surface area (Å²) >= 11 is 3.27. The third-order valence-corrected chi connectivity index (χ3v) is 2.43. The van der Waals surface area contributed by atoms with Gasteiger partial charge in [-0.1, -0.05) is 0 Å². The molecule has 6 heteroatoms. The van der Waals surface area contributed by atoms with Crippen LogP contribution < -0.4 is 11.1 Å². The lowest BCUT2D eigenvalue weighted by Crippen LogP contribution is -2.09. The minimum atomic E-state index is 0.302. The monoisotopic (exact) mass is 302 g/mol. The SMILES string of the molecule is CC(C)OCCCCNc1nc(N)cc(Br)n1. The molecule has 17 heavy (non-hydrogen) atoms. The van der Waals surface area contributed by atoms with E-state index in [0.29, 0.717) is 22.5 Å². The van der Waals surface area contributed by atoms with Gasteiger partial charge >= 0.3 is 0 Å². The van der Waals surface area contributed by atoms with Gasteiger partial charge in [0.25, 0.3) is 0 Å². The molecule has 1 rings (SSSR count). The maximum absolute atomic E-state index is 5.60. The van der Waals surface area contributed by atoms with Crippen molar-refractivity contribution < 1.29 is 4.74 Å². The first-order chi connectivity index (χ1) is 8.08. The van der Waals surface area contributed by atoms with Gasteiger partial charge in [0, 0.05) is 19.2 Å². The summed E-state index contributed by atoms with van der Waals surface area (Å²) < 4.78 is 6.14. The van der Waals surface area contributed by atoms with E-state index in [0.717, 1.165) is 26.0 Å². The van der Waals surface area contributed by atoms with Crippen molar-refractivity contribution in [1.29, 1.82) is 0 Å². The van der Waals surface area contributed by atoms with E-state index in [1.54, 1.807) is 6.07 Å². The van der Waals surface area contributed by atoms with Crippen molar-refractivity contribution >= 4 is 27.7 Å². The average Bonchev–Trinajstić information content (AvgIpc) is 2.21. The fourth-order valence-corrected chi connectivity index (χ4v) is 1.66. The smallest absolute Gasteiger partial charge is 0.225 e. The van der Waals surface area contributed by atoms with Gasteiger partial charge in [0.15, 0.2) is 0 Å². The second-order valence-electron chi connectivity index (χ2n) is 3.99. The van der Waals surface area contributed by atoms with Crippen LogP contribution in [0.3, 0.4) is 0 Å². The van der Waals surface area contributed by atoms with Gasteiger partial charge in [0.2, 0.25) is 5.95 Å². The zero-order valence-electron chi connectivity index (χ0n) is 10.2. The number of aromatic nitrogens is 2. The third kappa shape index (κ3) is 6.43. The maximum Gasteiger partial charge on any atom is 0.225 e. The lowest BCUT2D eigenvalue weighted by Gasteiger charge is -2.08. The Bertz CT molecular complexity index is 326. The van der Waals surface area contributed by atoms with Crippen LogP contribution in [-0.2, 0) is 4.74 Å². The number of rotatable bonds is 7. The molecular weight excluding hydrogens is 284 g/mol. The van der Waals surface area contributed by atoms with E-state index in [1.807, 2.05) is 13.8 Å². The summed E-state index contributed by atoms with van der Waals surface area (Å²) in [4.78, 5) is 8.24. The highest BCUT2D eigenvalue weighted by Crippen LogP contribution is 2.12. The average molecular weight is 303 g/mol. The predicted octanol–water partition coefficient (Wildman–Crippen LogP) is 2.44. The number of hydrogen-bond acceptors (Lipinski definition) is 5. The molecule has 0 fully saturated rings. The molecule has 5 nitrogen and oxygen atoms in total. The lowest BCUT2D eigenvalue weighted by atomic mass is 10.3. The molecule has 0 saturated carbocycles. The summed E-state index contributed by atoms with van der Waals surface area (Å²) in [6, 6.07) is 1.67. The normalized spacial score (nSPS) is 10.8. The van der Waals surface area contributed by atoms with Crippen LogP contribution in [0.4, 0.5) is 11.8 Å². The molecule has 0 aliphatic rings. The van der Waals surface area contributed by atoms with Crippen LogP contribution in [-0.4, -0.2) is 29.2 Å². The Balaban J connectivity index is 2.18. The zero-order chi connectivity index (χ0) is 12.7. The number of nitrogens with two attached hydrogens (primary N) is 1. The van der Waals surface area contributed by atoms with Gasteiger partial charge < -0.3 is 15.8 Å². The van der Waals surface area contributed by atoms with Gasteiger partial charge in [-0.15, -0.1) is 0 Å². The first-order valence-electron chi connectivity index (χ1n) is 5.73. The predicted molar refractivity (Wildman–Crippen MR) is 73.0 cm³/mol. The number of ether oxygens (including phenoxy) is 1. The van der Waals surface area contributed by atoms with Crippen LogP contribution in [0.15, 0.2) is 10.7 Å². The highest BCUT2D eigenvalue weighted by molar-refractivity contribution is 9.10. The van der Waals surface area contributed by atoms with Crippen molar-refractivity contribution in [3.8, 4) is 0 Å². The van der Waals surface area contributed by atoms with Crippen LogP contribution >= 0.6 is 15.9 Å². The Morgan fingerprint density at radius 2 is 2.18 bits per heavy atom. The largest absolute Gasteiger partial charge is 0.383 e. The summed E-state index contributed by atoms with van der Waals surface area (Å²) in [7, 11) is 0. The molecule has 0 unspecified atom stereocenters. The van der Waals surface area contributed by atoms with Crippen molar-refractivity contribution in [2.45, 2.75) is 32.8 Å². The first-order valence-corrected chi connectivity index (χ1v) is 6.53. The fourth-order valence-electron chi connectivity index (χ4n) is 1.26. The molecule has 0 aliphatic heterocycles. The highest BCUT2D eigenvalue weighted by atomic mass is 79.9. The molecule has 0 radical (unpaired) electrons. The Morgan fingerprint density at radius 1 is 1.41 bits per heavy atom. The van der Waals surface area contributed by atoms with Crippen molar-refractivity contribution in [1.82, 2.24) is 9.97 Å². The second kappa shape index (κ2) is 7.45. The quantitative estimate of drug-likeness (QED) is 0.598. The van der Waals surface area contributed by atoms with Crippen molar-refractivity contribution in [2.75, 3.05) is 24.2 Å². The number of hydrogen-bond donors (Lipinski definition) is 2. The van der Waals surface area contributed by atoms with E-state index in [4.69, 9.17) is 10.5 Å². The topological polar surface area (TPSA) is 73.1 Å². The highest BCUT2D eigenvalue weighted by Gasteiger charge is 1.99. The van der Waals surface area contributed by atoms with Crippen LogP contribution in [0.25, 0.3) is 0 Å². The molecule has 1 heterocycles. The van der Waals surface area contributed by atoms with Crippen LogP contribution in [0.1, 0.15) is 26.7 Å². The summed E-state index contributed by atoms with van der Waals surface area (Å²) in [5.41, 5.74) is 5.60. The van der Waals surface area contributed by atoms with E-state index in [2.05, 4.69) is 31.2 Å². The first kappa shape index (κ1) is 14.2. The van der Waals surface area contributed by atoms with Gasteiger partial charge in [-0.05, 0) is 42.6 Å². The molecule has 0 atom stereocenters. The maximum atomic E-state index is 5.60. The van der Waals surface area contributed by atoms with E-state index in [1.165, 1.54) is 0 Å². The number of anilines is 2. The summed E-state index contributed by atoms with van der Waals surface area (Å²) in [5, 5.41) is 3.13. The van der Waals surface area contributed by atoms with Crippen LogP contribution in [0.2, 0.25) is 0 Å². The van der Waals surface area contributed by atoms with Gasteiger partial charge in [0.1, 0.15) is 10.4 Å². The molecule has 0 aromatic carbocycles. The zero-order valence-corrected chi connectivity index (χ0v) is 11.8. The molecular formula is C11H19BrN4O. The van der Waals surface area contributed by atoms with E-state index in [9.17, 15) is 0 Å². The number of nitrogen functional groups attached to an aromatic ring is 1. The van der Waals surface area contributed by atoms with Crippen molar-refractivity contribution in [3.63, 3.8) is 0 Å². The number of nitrogens with one attached hydrogen (secondary N) is 1. The van der Waals surface area contributed by atoms with Crippen LogP contribution in [0, 0.1) is 0 Å². The number of nitrogens with zero attached hydrogens (tertiary/aromatic N) is 2. The molecule has 1 aromatic rings. The molecule has 0 aliphatic carbocycles. The van der Waals surface area contributed by atoms with Crippen molar-refractivity contribution in [3.05, 3.63) is 10.7 Å². The van der Waals surface area contributed by atoms with E-state index in [-0.39, 0.29) is 0 Å². The van der Waals surface area contributed by atoms with E-state index >= 15 is 0 Å². The summed E-state index contributed by atoms with van der Waals surface area (Å²) in [6.07, 6.45) is 2.34. The Labute approximate surface area is 110 Å². The fraction of sp³-hybridized carbons (Fsp3) is 0.636. The van der Waals surface area contributed by atoms with Gasteiger partial charge in [-0.3, -0.25) is 0 Å². The van der Waals surface area contributed by atoms with E-state index < -0.39 is 0 Å². The molecule has 0 amide bonds. The standard InChI is InChI=1S/C11H19BrN4O/c1-8(2)17-6-4-3-5-14-11-15-9(12)7-10(13)16-11/h7-8H,3-6H2,1-2H3,(H3,13,14,15,16). The second-order valence-corrected chi connectivity index (χ2v) is 4.81. The van der Waals surface area contributed by atoms with Gasteiger partial charge in [-0.25, -0.2) is 4.98 Å². The minimum Gasteiger partial charge on any atom is -0.383 e. The molecule has 0 saturated heterocycles. The Kier molecular flexibility index (Phi) is 6.21. The molecule has 0 bridgehead atoms. The number of unbranched alkanes of at least 4 members (excludes halogenated alkanes) is 1. The summed E-state index contributed by atoms with van der Waals surface area (Å²) in [6.45, 7) is 5.69. The summed E-state index contributed by atoms with van der Waals surface area (Å²) in [5.74, 6) is 1.01. The molecule has 96 valence electrons. The molecule has 3 N–H and O–H groups in total. The Morgan fingerprint density at radius 3 is 2.82 bits per heavy atom. The van der Waals surface area contributed by atoms with Crippen molar-refractivity contribution in [2.24, 2.45) is 0 Å². The lowest BCUT2D eigenvalue weighted by molar-refractivity contribution is 0.0765. The van der Waals surface area contributed by atoms with Crippen LogP contribution in [0.5, 0.6) is 0 Å². The molecule has 1 aromatic heterocycles. The number of halogens is 1. The van der Waals surface area contributed by atoms with Gasteiger partial charge in [-0.2, -0.15) is 4.98 Å².